The summed E-state index contributed by atoms with van der Waals surface area (Å²) in [5.74, 6) is 0.736. The molecule has 0 spiro atoms. The fourth-order valence-corrected chi connectivity index (χ4v) is 2.89. The predicted octanol–water partition coefficient (Wildman–Crippen LogP) is 2.45. The van der Waals surface area contributed by atoms with Gasteiger partial charge in [0.2, 0.25) is 0 Å². The van der Waals surface area contributed by atoms with Gasteiger partial charge in [0.15, 0.2) is 5.96 Å². The maximum atomic E-state index is 6.04. The number of aryl methyl sites for hydroxylation is 3. The lowest BCUT2D eigenvalue weighted by Gasteiger charge is -2.28. The summed E-state index contributed by atoms with van der Waals surface area (Å²) in [7, 11) is 0. The van der Waals surface area contributed by atoms with Crippen LogP contribution in [0, 0.1) is 20.8 Å². The minimum absolute atomic E-state index is 0.358. The Kier molecular flexibility index (Phi) is 2.58. The lowest BCUT2D eigenvalue weighted by atomic mass is 9.95. The highest BCUT2D eigenvalue weighted by Gasteiger charge is 2.39. The molecule has 96 valence electrons. The first-order valence-electron chi connectivity index (χ1n) is 6.74. The second-order valence-corrected chi connectivity index (χ2v) is 5.65. The summed E-state index contributed by atoms with van der Waals surface area (Å²) in [6.45, 7) is 7.36. The average Bonchev–Trinajstić information content (AvgIpc) is 3.08. The van der Waals surface area contributed by atoms with Gasteiger partial charge in [-0.2, -0.15) is 0 Å². The first-order valence-corrected chi connectivity index (χ1v) is 6.74. The molecule has 1 unspecified atom stereocenters. The van der Waals surface area contributed by atoms with Crippen LogP contribution < -0.4 is 5.73 Å². The summed E-state index contributed by atoms with van der Waals surface area (Å²) >= 11 is 0. The normalized spacial score (nSPS) is 23.4. The molecule has 0 radical (unpaired) electrons. The second-order valence-electron chi connectivity index (χ2n) is 5.65. The van der Waals surface area contributed by atoms with Gasteiger partial charge < -0.3 is 10.6 Å². The molecule has 0 aromatic heterocycles. The predicted molar refractivity (Wildman–Crippen MR) is 74.7 cm³/mol. The van der Waals surface area contributed by atoms with E-state index in [1.165, 1.54) is 35.1 Å². The van der Waals surface area contributed by atoms with Crippen LogP contribution >= 0.6 is 0 Å². The third kappa shape index (κ3) is 1.78. The quantitative estimate of drug-likeness (QED) is 0.867. The Morgan fingerprint density at radius 3 is 2.44 bits per heavy atom. The molecule has 3 heteroatoms. The van der Waals surface area contributed by atoms with Gasteiger partial charge in [-0.1, -0.05) is 12.1 Å². The maximum absolute atomic E-state index is 6.04. The van der Waals surface area contributed by atoms with Gasteiger partial charge in [0, 0.05) is 6.04 Å². The van der Waals surface area contributed by atoms with Gasteiger partial charge in [-0.3, -0.25) is 4.99 Å². The molecule has 3 nitrogen and oxygen atoms in total. The first kappa shape index (κ1) is 11.6. The van der Waals surface area contributed by atoms with E-state index in [9.17, 15) is 0 Å². The molecule has 1 saturated carbocycles. The van der Waals surface area contributed by atoms with Crippen molar-refractivity contribution in [3.8, 4) is 0 Å². The van der Waals surface area contributed by atoms with Crippen LogP contribution in [0.25, 0.3) is 0 Å². The number of benzene rings is 1. The number of aliphatic imine (C=N–C) groups is 1. The summed E-state index contributed by atoms with van der Waals surface area (Å²) in [6, 6.07) is 5.59. The molecule has 2 N–H and O–H groups in total. The molecule has 3 rings (SSSR count). The lowest BCUT2D eigenvalue weighted by Crippen LogP contribution is -2.38. The van der Waals surface area contributed by atoms with Crippen LogP contribution in [-0.2, 0) is 0 Å². The largest absolute Gasteiger partial charge is 0.370 e. The van der Waals surface area contributed by atoms with E-state index in [4.69, 9.17) is 5.73 Å². The van der Waals surface area contributed by atoms with Gasteiger partial charge in [-0.25, -0.2) is 0 Å². The van der Waals surface area contributed by atoms with Crippen molar-refractivity contribution >= 4 is 5.96 Å². The zero-order chi connectivity index (χ0) is 12.9. The molecule has 0 bridgehead atoms. The number of hydrogen-bond acceptors (Lipinski definition) is 3. The van der Waals surface area contributed by atoms with Gasteiger partial charge in [-0.05, 0) is 55.9 Å². The molecule has 1 aromatic carbocycles. The highest BCUT2D eigenvalue weighted by atomic mass is 15.4. The third-order valence-corrected chi connectivity index (χ3v) is 4.21. The second kappa shape index (κ2) is 4.01. The van der Waals surface area contributed by atoms with Crippen LogP contribution in [-0.4, -0.2) is 23.4 Å². The highest BCUT2D eigenvalue weighted by Crippen LogP contribution is 2.38. The minimum Gasteiger partial charge on any atom is -0.370 e. The molecular weight excluding hydrogens is 222 g/mol. The Labute approximate surface area is 109 Å². The number of guanidine groups is 1. The van der Waals surface area contributed by atoms with Crippen LogP contribution in [0.2, 0.25) is 0 Å². The molecule has 1 aliphatic heterocycles. The van der Waals surface area contributed by atoms with E-state index in [1.54, 1.807) is 0 Å². The molecular formula is C15H21N3. The Hall–Kier alpha value is -1.51. The number of nitrogens with two attached hydrogens (primary N) is 1. The van der Waals surface area contributed by atoms with Crippen molar-refractivity contribution in [1.29, 1.82) is 0 Å². The average molecular weight is 243 g/mol. The fourth-order valence-electron chi connectivity index (χ4n) is 2.89. The van der Waals surface area contributed by atoms with E-state index in [0.717, 1.165) is 12.5 Å². The first-order chi connectivity index (χ1) is 8.58. The molecule has 1 heterocycles. The standard InChI is InChI=1S/C15H21N3/c1-9-6-11(3)13(7-10(9)2)14-8-17-15(16)18(14)12-4-5-12/h6-7,12,14H,4-5,8H2,1-3H3,(H2,16,17). The zero-order valence-electron chi connectivity index (χ0n) is 11.4. The Morgan fingerprint density at radius 2 is 1.78 bits per heavy atom. The van der Waals surface area contributed by atoms with E-state index in [-0.39, 0.29) is 0 Å². The van der Waals surface area contributed by atoms with E-state index >= 15 is 0 Å². The van der Waals surface area contributed by atoms with Crippen molar-refractivity contribution < 1.29 is 0 Å². The molecule has 1 aromatic rings. The molecule has 1 atom stereocenters. The molecule has 1 fully saturated rings. The van der Waals surface area contributed by atoms with E-state index in [2.05, 4.69) is 42.8 Å². The molecule has 1 aliphatic carbocycles. The zero-order valence-corrected chi connectivity index (χ0v) is 11.4. The van der Waals surface area contributed by atoms with Gasteiger partial charge in [0.25, 0.3) is 0 Å². The summed E-state index contributed by atoms with van der Waals surface area (Å²) in [4.78, 5) is 6.78. The van der Waals surface area contributed by atoms with Gasteiger partial charge in [0.1, 0.15) is 0 Å². The van der Waals surface area contributed by atoms with Crippen LogP contribution in [0.3, 0.4) is 0 Å². The Bertz CT molecular complexity index is 515. The van der Waals surface area contributed by atoms with Crippen molar-refractivity contribution in [2.75, 3.05) is 6.54 Å². The number of rotatable bonds is 2. The topological polar surface area (TPSA) is 41.6 Å². The van der Waals surface area contributed by atoms with E-state index in [1.807, 2.05) is 0 Å². The van der Waals surface area contributed by atoms with E-state index in [0.29, 0.717) is 12.1 Å². The fraction of sp³-hybridized carbons (Fsp3) is 0.533. The molecule has 0 saturated heterocycles. The summed E-state index contributed by atoms with van der Waals surface area (Å²) in [6.07, 6.45) is 2.52. The summed E-state index contributed by atoms with van der Waals surface area (Å²) in [5, 5.41) is 0. The van der Waals surface area contributed by atoms with Crippen molar-refractivity contribution in [2.24, 2.45) is 10.7 Å². The van der Waals surface area contributed by atoms with Crippen LogP contribution in [0.4, 0.5) is 0 Å². The third-order valence-electron chi connectivity index (χ3n) is 4.21. The van der Waals surface area contributed by atoms with Crippen molar-refractivity contribution in [3.63, 3.8) is 0 Å². The van der Waals surface area contributed by atoms with Crippen LogP contribution in [0.15, 0.2) is 17.1 Å². The maximum Gasteiger partial charge on any atom is 0.192 e. The highest BCUT2D eigenvalue weighted by molar-refractivity contribution is 5.81. The van der Waals surface area contributed by atoms with Gasteiger partial charge in [0.05, 0.1) is 12.6 Å². The van der Waals surface area contributed by atoms with Gasteiger partial charge >= 0.3 is 0 Å². The van der Waals surface area contributed by atoms with Crippen LogP contribution in [0.1, 0.15) is 41.1 Å². The van der Waals surface area contributed by atoms with Gasteiger partial charge in [-0.15, -0.1) is 0 Å². The van der Waals surface area contributed by atoms with Crippen molar-refractivity contribution in [2.45, 2.75) is 45.7 Å². The smallest absolute Gasteiger partial charge is 0.192 e. The summed E-state index contributed by atoms with van der Waals surface area (Å²) in [5.41, 5.74) is 11.5. The Morgan fingerprint density at radius 1 is 1.11 bits per heavy atom. The lowest BCUT2D eigenvalue weighted by molar-refractivity contribution is 0.337. The van der Waals surface area contributed by atoms with Crippen LogP contribution in [0.5, 0.6) is 0 Å². The summed E-state index contributed by atoms with van der Waals surface area (Å²) < 4.78 is 0. The van der Waals surface area contributed by atoms with E-state index < -0.39 is 0 Å². The monoisotopic (exact) mass is 243 g/mol. The minimum atomic E-state index is 0.358. The Balaban J connectivity index is 1.97. The molecule has 2 aliphatic rings. The molecule has 0 amide bonds. The number of nitrogens with zero attached hydrogens (tertiary/aromatic N) is 2. The SMILES string of the molecule is Cc1cc(C)c(C2CN=C(N)N2C2CC2)cc1C. The van der Waals surface area contributed by atoms with Crippen molar-refractivity contribution in [3.05, 3.63) is 34.4 Å². The number of hydrogen-bond donors (Lipinski definition) is 1. The molecule has 18 heavy (non-hydrogen) atoms. The van der Waals surface area contributed by atoms with Crippen molar-refractivity contribution in [1.82, 2.24) is 4.90 Å².